The monoisotopic (exact) mass is 193 g/mol. The van der Waals surface area contributed by atoms with Crippen LogP contribution in [0, 0.1) is 11.7 Å². The molecule has 1 aromatic rings. The standard InChI is InChI=1S/C12H16FN/c13-12-3-1-2-10-5-4-9(6-7-14)8-11(10)12/h1-3,9H,4-8,14H2. The number of nitrogens with two attached hydrogens (primary N) is 1. The maximum atomic E-state index is 13.5. The van der Waals surface area contributed by atoms with Gasteiger partial charge in [-0.1, -0.05) is 12.1 Å². The van der Waals surface area contributed by atoms with Crippen LogP contribution >= 0.6 is 0 Å². The van der Waals surface area contributed by atoms with Gasteiger partial charge in [0.05, 0.1) is 0 Å². The average Bonchev–Trinajstić information content (AvgIpc) is 2.20. The number of rotatable bonds is 2. The summed E-state index contributed by atoms with van der Waals surface area (Å²) in [5.41, 5.74) is 7.64. The Bertz CT molecular complexity index is 322. The molecule has 0 saturated carbocycles. The number of aryl methyl sites for hydroxylation is 1. The van der Waals surface area contributed by atoms with Gasteiger partial charge < -0.3 is 5.73 Å². The molecule has 1 aliphatic rings. The lowest BCUT2D eigenvalue weighted by Gasteiger charge is -2.24. The number of hydrogen-bond acceptors (Lipinski definition) is 1. The zero-order chi connectivity index (χ0) is 9.97. The number of hydrogen-bond donors (Lipinski definition) is 1. The van der Waals surface area contributed by atoms with Crippen LogP contribution in [0.3, 0.4) is 0 Å². The van der Waals surface area contributed by atoms with Gasteiger partial charge in [0, 0.05) is 0 Å². The third-order valence-electron chi connectivity index (χ3n) is 3.11. The Hall–Kier alpha value is -0.890. The smallest absolute Gasteiger partial charge is 0.126 e. The third kappa shape index (κ3) is 1.80. The molecule has 0 aromatic heterocycles. The molecule has 0 saturated heterocycles. The molecule has 1 aliphatic carbocycles. The van der Waals surface area contributed by atoms with Crippen LogP contribution < -0.4 is 5.73 Å². The van der Waals surface area contributed by atoms with Crippen molar-refractivity contribution >= 4 is 0 Å². The molecule has 1 aromatic carbocycles. The molecule has 0 aliphatic heterocycles. The van der Waals surface area contributed by atoms with E-state index in [1.165, 1.54) is 5.56 Å². The molecule has 1 atom stereocenters. The van der Waals surface area contributed by atoms with Gasteiger partial charge >= 0.3 is 0 Å². The lowest BCUT2D eigenvalue weighted by Crippen LogP contribution is -2.18. The predicted octanol–water partition coefficient (Wildman–Crippen LogP) is 2.28. The number of halogens is 1. The molecule has 0 radical (unpaired) electrons. The molecule has 2 N–H and O–H groups in total. The summed E-state index contributed by atoms with van der Waals surface area (Å²) in [7, 11) is 0. The van der Waals surface area contributed by atoms with Crippen molar-refractivity contribution in [1.82, 2.24) is 0 Å². The van der Waals surface area contributed by atoms with Crippen LogP contribution in [0.1, 0.15) is 24.0 Å². The summed E-state index contributed by atoms with van der Waals surface area (Å²) in [6, 6.07) is 5.40. The summed E-state index contributed by atoms with van der Waals surface area (Å²) in [6.45, 7) is 0.717. The van der Waals surface area contributed by atoms with Crippen LogP contribution in [0.2, 0.25) is 0 Å². The van der Waals surface area contributed by atoms with E-state index < -0.39 is 0 Å². The lowest BCUT2D eigenvalue weighted by molar-refractivity contribution is 0.420. The van der Waals surface area contributed by atoms with E-state index in [0.717, 1.165) is 31.2 Å². The summed E-state index contributed by atoms with van der Waals surface area (Å²) in [5, 5.41) is 0. The maximum Gasteiger partial charge on any atom is 0.126 e. The highest BCUT2D eigenvalue weighted by molar-refractivity contribution is 5.31. The van der Waals surface area contributed by atoms with Crippen molar-refractivity contribution in [2.24, 2.45) is 11.7 Å². The van der Waals surface area contributed by atoms with Crippen LogP contribution in [0.25, 0.3) is 0 Å². The highest BCUT2D eigenvalue weighted by atomic mass is 19.1. The van der Waals surface area contributed by atoms with Crippen LogP contribution in [-0.2, 0) is 12.8 Å². The predicted molar refractivity (Wildman–Crippen MR) is 55.6 cm³/mol. The van der Waals surface area contributed by atoms with Crippen LogP contribution in [0.5, 0.6) is 0 Å². The third-order valence-corrected chi connectivity index (χ3v) is 3.11. The van der Waals surface area contributed by atoms with Crippen LogP contribution in [-0.4, -0.2) is 6.54 Å². The average molecular weight is 193 g/mol. The van der Waals surface area contributed by atoms with E-state index in [4.69, 9.17) is 5.73 Å². The Kier molecular flexibility index (Phi) is 2.82. The molecule has 14 heavy (non-hydrogen) atoms. The Morgan fingerprint density at radius 3 is 3.07 bits per heavy atom. The first kappa shape index (κ1) is 9.66. The fourth-order valence-corrected chi connectivity index (χ4v) is 2.30. The van der Waals surface area contributed by atoms with E-state index in [1.807, 2.05) is 6.07 Å². The Balaban J connectivity index is 2.20. The van der Waals surface area contributed by atoms with Gasteiger partial charge in [-0.25, -0.2) is 4.39 Å². The first-order chi connectivity index (χ1) is 6.81. The fraction of sp³-hybridized carbons (Fsp3) is 0.500. The topological polar surface area (TPSA) is 26.0 Å². The van der Waals surface area contributed by atoms with Crippen molar-refractivity contribution in [3.63, 3.8) is 0 Å². The maximum absolute atomic E-state index is 13.5. The van der Waals surface area contributed by atoms with Crippen molar-refractivity contribution in [2.75, 3.05) is 6.54 Å². The van der Waals surface area contributed by atoms with Gasteiger partial charge in [-0.2, -0.15) is 0 Å². The largest absolute Gasteiger partial charge is 0.330 e. The highest BCUT2D eigenvalue weighted by Gasteiger charge is 2.20. The molecule has 76 valence electrons. The molecule has 2 rings (SSSR count). The van der Waals surface area contributed by atoms with Gasteiger partial charge in [-0.15, -0.1) is 0 Å². The van der Waals surface area contributed by atoms with E-state index in [-0.39, 0.29) is 5.82 Å². The van der Waals surface area contributed by atoms with E-state index >= 15 is 0 Å². The zero-order valence-electron chi connectivity index (χ0n) is 8.30. The fourth-order valence-electron chi connectivity index (χ4n) is 2.30. The minimum Gasteiger partial charge on any atom is -0.330 e. The molecular formula is C12H16FN. The molecule has 1 unspecified atom stereocenters. The molecule has 0 heterocycles. The zero-order valence-corrected chi connectivity index (χ0v) is 8.30. The Morgan fingerprint density at radius 2 is 2.29 bits per heavy atom. The second-order valence-corrected chi connectivity index (χ2v) is 4.06. The van der Waals surface area contributed by atoms with Crippen molar-refractivity contribution in [2.45, 2.75) is 25.7 Å². The van der Waals surface area contributed by atoms with E-state index in [2.05, 4.69) is 0 Å². The van der Waals surface area contributed by atoms with Gasteiger partial charge in [0.15, 0.2) is 0 Å². The summed E-state index contributed by atoms with van der Waals surface area (Å²) in [5.74, 6) is 0.550. The minimum atomic E-state index is -0.0378. The molecule has 2 heteroatoms. The van der Waals surface area contributed by atoms with Gasteiger partial charge in [0.1, 0.15) is 5.82 Å². The van der Waals surface area contributed by atoms with Crippen molar-refractivity contribution < 1.29 is 4.39 Å². The highest BCUT2D eigenvalue weighted by Crippen LogP contribution is 2.28. The quantitative estimate of drug-likeness (QED) is 0.766. The summed E-state index contributed by atoms with van der Waals surface area (Å²) in [4.78, 5) is 0. The Morgan fingerprint density at radius 1 is 1.43 bits per heavy atom. The SMILES string of the molecule is NCCC1CCc2cccc(F)c2C1. The van der Waals surface area contributed by atoms with Crippen LogP contribution in [0.15, 0.2) is 18.2 Å². The molecule has 0 bridgehead atoms. The van der Waals surface area contributed by atoms with Crippen molar-refractivity contribution in [1.29, 1.82) is 0 Å². The van der Waals surface area contributed by atoms with Gasteiger partial charge in [-0.3, -0.25) is 0 Å². The van der Waals surface area contributed by atoms with E-state index in [1.54, 1.807) is 12.1 Å². The number of benzene rings is 1. The second-order valence-electron chi connectivity index (χ2n) is 4.06. The molecule has 0 amide bonds. The van der Waals surface area contributed by atoms with Crippen LogP contribution in [0.4, 0.5) is 4.39 Å². The molecule has 1 nitrogen and oxygen atoms in total. The minimum absolute atomic E-state index is 0.0378. The molecular weight excluding hydrogens is 177 g/mol. The summed E-state index contributed by atoms with van der Waals surface area (Å²) in [6.07, 6.45) is 4.07. The summed E-state index contributed by atoms with van der Waals surface area (Å²) >= 11 is 0. The van der Waals surface area contributed by atoms with Crippen molar-refractivity contribution in [3.05, 3.63) is 35.1 Å². The Labute approximate surface area is 84.1 Å². The lowest BCUT2D eigenvalue weighted by atomic mass is 9.82. The van der Waals surface area contributed by atoms with Gasteiger partial charge in [0.2, 0.25) is 0 Å². The van der Waals surface area contributed by atoms with E-state index in [9.17, 15) is 4.39 Å². The van der Waals surface area contributed by atoms with Gasteiger partial charge in [-0.05, 0) is 55.3 Å². The van der Waals surface area contributed by atoms with Gasteiger partial charge in [0.25, 0.3) is 0 Å². The molecule has 0 spiro atoms. The normalized spacial score (nSPS) is 20.6. The summed E-state index contributed by atoms with van der Waals surface area (Å²) < 4.78 is 13.5. The first-order valence-electron chi connectivity index (χ1n) is 5.27. The molecule has 0 fully saturated rings. The second kappa shape index (κ2) is 4.09. The number of fused-ring (bicyclic) bond motifs is 1. The first-order valence-corrected chi connectivity index (χ1v) is 5.27. The van der Waals surface area contributed by atoms with E-state index in [0.29, 0.717) is 12.5 Å². The van der Waals surface area contributed by atoms with Crippen molar-refractivity contribution in [3.8, 4) is 0 Å².